The number of aromatic nitrogens is 2. The van der Waals surface area contributed by atoms with Crippen molar-refractivity contribution in [3.05, 3.63) is 63.6 Å². The molecule has 230 valence electrons. The van der Waals surface area contributed by atoms with Crippen molar-refractivity contribution in [3.8, 4) is 11.1 Å². The fourth-order valence-electron chi connectivity index (χ4n) is 5.95. The molecule has 1 aromatic heterocycles. The molecule has 43 heavy (non-hydrogen) atoms. The summed E-state index contributed by atoms with van der Waals surface area (Å²) in [6.45, 7) is 9.54. The molecule has 2 aliphatic heterocycles. The molecule has 1 unspecified atom stereocenters. The first-order valence-corrected chi connectivity index (χ1v) is 14.9. The predicted molar refractivity (Wildman–Crippen MR) is 156 cm³/mol. The normalized spacial score (nSPS) is 20.8. The zero-order valence-electron chi connectivity index (χ0n) is 23.5. The van der Waals surface area contributed by atoms with Crippen molar-refractivity contribution in [2.24, 2.45) is 0 Å². The van der Waals surface area contributed by atoms with Crippen molar-refractivity contribution in [3.63, 3.8) is 0 Å². The van der Waals surface area contributed by atoms with Gasteiger partial charge in [0.1, 0.15) is 17.5 Å². The Bertz CT molecular complexity index is 1670. The monoisotopic (exact) mass is 642 g/mol. The van der Waals surface area contributed by atoms with Crippen LogP contribution in [0.2, 0.25) is 5.02 Å². The minimum atomic E-state index is -4.98. The van der Waals surface area contributed by atoms with Crippen LogP contribution in [0, 0.1) is 11.6 Å². The maximum atomic E-state index is 15.3. The highest BCUT2D eigenvalue weighted by molar-refractivity contribution is 7.99. The highest BCUT2D eigenvalue weighted by atomic mass is 35.5. The highest BCUT2D eigenvalue weighted by Crippen LogP contribution is 2.49. The van der Waals surface area contributed by atoms with E-state index in [0.29, 0.717) is 6.07 Å². The molecule has 0 saturated carbocycles. The second-order valence-corrected chi connectivity index (χ2v) is 12.0. The molecule has 5 rings (SSSR count). The fraction of sp³-hybridized carbons (Fsp3) is 0.414. The van der Waals surface area contributed by atoms with E-state index >= 15 is 4.39 Å². The number of thioether (sulfide) groups is 1. The third-order valence-corrected chi connectivity index (χ3v) is 9.15. The molecular weight excluding hydrogens is 615 g/mol. The van der Waals surface area contributed by atoms with E-state index in [1.54, 1.807) is 30.6 Å². The van der Waals surface area contributed by atoms with Crippen LogP contribution in [-0.2, 0) is 22.3 Å². The zero-order chi connectivity index (χ0) is 31.4. The number of amides is 1. The number of piperazine rings is 1. The summed E-state index contributed by atoms with van der Waals surface area (Å²) >= 11 is 6.92. The van der Waals surface area contributed by atoms with Crippen LogP contribution in [0.4, 0.5) is 27.8 Å². The second-order valence-electron chi connectivity index (χ2n) is 10.5. The minimum Gasteiger partial charge on any atom is -0.376 e. The van der Waals surface area contributed by atoms with Gasteiger partial charge in [-0.1, -0.05) is 18.2 Å². The van der Waals surface area contributed by atoms with Crippen LogP contribution in [0.5, 0.6) is 0 Å². The fourth-order valence-corrected chi connectivity index (χ4v) is 7.39. The van der Waals surface area contributed by atoms with E-state index in [9.17, 15) is 27.2 Å². The van der Waals surface area contributed by atoms with Gasteiger partial charge in [-0.05, 0) is 39.0 Å². The Morgan fingerprint density at radius 2 is 1.84 bits per heavy atom. The maximum Gasteiger partial charge on any atom is 0.417 e. The molecule has 2 aliphatic rings. The molecule has 3 aromatic rings. The Hall–Kier alpha value is -3.16. The molecule has 0 aliphatic carbocycles. The average Bonchev–Trinajstić information content (AvgIpc) is 3.12. The number of alkyl halides is 3. The van der Waals surface area contributed by atoms with E-state index in [4.69, 9.17) is 16.3 Å². The molecule has 1 amide bonds. The smallest absolute Gasteiger partial charge is 0.376 e. The van der Waals surface area contributed by atoms with Crippen LogP contribution < -0.4 is 10.6 Å². The summed E-state index contributed by atoms with van der Waals surface area (Å²) in [5.74, 6) is -2.47. The lowest BCUT2D eigenvalue weighted by molar-refractivity contribution is -0.137. The number of nitrogens with zero attached hydrogens (tertiary/aromatic N) is 4. The Kier molecular flexibility index (Phi) is 8.53. The van der Waals surface area contributed by atoms with E-state index in [1.807, 2.05) is 0 Å². The van der Waals surface area contributed by atoms with Gasteiger partial charge in [-0.15, -0.1) is 11.8 Å². The summed E-state index contributed by atoms with van der Waals surface area (Å²) in [6, 6.07) is 1.38. The summed E-state index contributed by atoms with van der Waals surface area (Å²) in [7, 11) is 0. The Morgan fingerprint density at radius 3 is 2.44 bits per heavy atom. The van der Waals surface area contributed by atoms with Gasteiger partial charge < -0.3 is 14.5 Å². The molecule has 7 nitrogen and oxygen atoms in total. The molecule has 1 fully saturated rings. The summed E-state index contributed by atoms with van der Waals surface area (Å²) in [6.07, 6.45) is -4.34. The summed E-state index contributed by atoms with van der Waals surface area (Å²) in [4.78, 5) is 33.6. The van der Waals surface area contributed by atoms with Gasteiger partial charge in [0.15, 0.2) is 0 Å². The Balaban J connectivity index is 1.84. The maximum absolute atomic E-state index is 15.3. The van der Waals surface area contributed by atoms with Gasteiger partial charge in [0.25, 0.3) is 0 Å². The zero-order valence-corrected chi connectivity index (χ0v) is 25.0. The van der Waals surface area contributed by atoms with Crippen molar-refractivity contribution in [2.45, 2.75) is 56.6 Å². The van der Waals surface area contributed by atoms with Gasteiger partial charge in [0, 0.05) is 65.0 Å². The third kappa shape index (κ3) is 5.62. The number of hydrogen-bond donors (Lipinski definition) is 0. The number of halogens is 6. The Morgan fingerprint density at radius 1 is 1.16 bits per heavy atom. The second kappa shape index (κ2) is 11.7. The molecule has 0 N–H and O–H groups in total. The van der Waals surface area contributed by atoms with E-state index in [2.05, 4.69) is 11.6 Å². The molecule has 0 bridgehead atoms. The highest BCUT2D eigenvalue weighted by Gasteiger charge is 2.40. The molecule has 2 aromatic carbocycles. The van der Waals surface area contributed by atoms with E-state index in [-0.39, 0.29) is 71.6 Å². The van der Waals surface area contributed by atoms with Gasteiger partial charge in [-0.25, -0.2) is 13.6 Å². The van der Waals surface area contributed by atoms with E-state index in [0.717, 1.165) is 23.9 Å². The van der Waals surface area contributed by atoms with Crippen molar-refractivity contribution >= 4 is 46.0 Å². The lowest BCUT2D eigenvalue weighted by Gasteiger charge is -2.44. The molecule has 3 atom stereocenters. The van der Waals surface area contributed by atoms with Gasteiger partial charge in [0.2, 0.25) is 5.91 Å². The largest absolute Gasteiger partial charge is 0.417 e. The quantitative estimate of drug-likeness (QED) is 0.189. The summed E-state index contributed by atoms with van der Waals surface area (Å²) in [5.41, 5.74) is -2.86. The molecule has 3 heterocycles. The lowest BCUT2D eigenvalue weighted by Crippen LogP contribution is -2.58. The van der Waals surface area contributed by atoms with Crippen LogP contribution in [0.3, 0.4) is 0 Å². The van der Waals surface area contributed by atoms with Crippen LogP contribution in [0.25, 0.3) is 22.0 Å². The van der Waals surface area contributed by atoms with Crippen molar-refractivity contribution in [1.29, 1.82) is 0 Å². The summed E-state index contributed by atoms with van der Waals surface area (Å²) < 4.78 is 80.9. The van der Waals surface area contributed by atoms with E-state index in [1.165, 1.54) is 10.6 Å². The van der Waals surface area contributed by atoms with Crippen molar-refractivity contribution in [2.75, 3.05) is 30.3 Å². The molecule has 14 heteroatoms. The number of hydrogen-bond acceptors (Lipinski definition) is 6. The Labute approximate surface area is 253 Å². The molecule has 1 saturated heterocycles. The SMILES string of the molecule is C=CC(=O)N1[C@H](C)CN(c2nc(=O)n3c4c(c(-c5cc(Cl)c(F)cc5F)c(C(F)(F)F)cc24)SCC(OCC)C3)C[C@@H]1C. The molecule has 0 radical (unpaired) electrons. The van der Waals surface area contributed by atoms with Gasteiger partial charge in [-0.3, -0.25) is 9.36 Å². The third-order valence-electron chi connectivity index (χ3n) is 7.63. The number of anilines is 1. The number of benzene rings is 2. The number of ether oxygens (including phenoxy) is 1. The predicted octanol–water partition coefficient (Wildman–Crippen LogP) is 6.14. The van der Waals surface area contributed by atoms with Crippen LogP contribution in [0.15, 0.2) is 40.5 Å². The summed E-state index contributed by atoms with van der Waals surface area (Å²) in [5, 5.41) is -0.516. The molecular formula is C29H28ClF5N4O3S. The number of carbonyl (C=O) groups excluding carboxylic acids is 1. The van der Waals surface area contributed by atoms with E-state index < -0.39 is 51.3 Å². The first-order chi connectivity index (χ1) is 20.3. The van der Waals surface area contributed by atoms with Crippen molar-refractivity contribution in [1.82, 2.24) is 14.5 Å². The topological polar surface area (TPSA) is 67.7 Å². The van der Waals surface area contributed by atoms with Crippen molar-refractivity contribution < 1.29 is 31.5 Å². The average molecular weight is 643 g/mol. The van der Waals surface area contributed by atoms with Crippen LogP contribution >= 0.6 is 23.4 Å². The first kappa shape index (κ1) is 31.3. The number of carbonyl (C=O) groups is 1. The van der Waals surface area contributed by atoms with Gasteiger partial charge in [-0.2, -0.15) is 18.2 Å². The minimum absolute atomic E-state index is 0.00232. The van der Waals surface area contributed by atoms with Crippen LogP contribution in [-0.4, -0.2) is 64.0 Å². The van der Waals surface area contributed by atoms with Gasteiger partial charge >= 0.3 is 11.9 Å². The molecule has 0 spiro atoms. The lowest BCUT2D eigenvalue weighted by atomic mass is 9.95. The number of rotatable bonds is 5. The standard InChI is InChI=1S/C29H28ClF5N4O3S/c1-5-23(40)39-14(3)10-37(11-15(39)4)27-18-7-19(29(33,34)35)24(17-8-20(30)22(32)9-21(17)31)26-25(18)38(28(41)36-27)12-16(13-43-26)42-6-2/h5,7-9,14-16H,1,6,10-13H2,2-4H3/t14-,15+,16?. The van der Waals surface area contributed by atoms with Crippen LogP contribution in [0.1, 0.15) is 26.3 Å². The first-order valence-electron chi connectivity index (χ1n) is 13.5. The van der Waals surface area contributed by atoms with Gasteiger partial charge in [0.05, 0.1) is 28.8 Å².